The van der Waals surface area contributed by atoms with Crippen LogP contribution in [0.15, 0.2) is 53.4 Å². The Labute approximate surface area is 170 Å². The Morgan fingerprint density at radius 2 is 1.72 bits per heavy atom. The van der Waals surface area contributed by atoms with Crippen molar-refractivity contribution < 1.29 is 17.6 Å². The molecule has 0 aromatic heterocycles. The number of rotatable bonds is 6. The molecule has 0 atom stereocenters. The number of halogens is 1. The molecule has 7 nitrogen and oxygen atoms in total. The Kier molecular flexibility index (Phi) is 6.51. The van der Waals surface area contributed by atoms with Crippen LogP contribution in [0.1, 0.15) is 0 Å². The van der Waals surface area contributed by atoms with E-state index < -0.39 is 10.0 Å². The number of carbonyl (C=O) groups excluding carboxylic acids is 1. The smallest absolute Gasteiger partial charge is 0.242 e. The molecule has 1 fully saturated rings. The molecule has 2 aromatic carbocycles. The average molecular weight is 421 g/mol. The van der Waals surface area contributed by atoms with E-state index in [9.17, 15) is 17.6 Å². The number of hydrogen-bond donors (Lipinski definition) is 1. The fourth-order valence-electron chi connectivity index (χ4n) is 3.16. The molecule has 1 aliphatic heterocycles. The second kappa shape index (κ2) is 8.89. The van der Waals surface area contributed by atoms with Crippen molar-refractivity contribution in [1.29, 1.82) is 0 Å². The molecule has 1 aliphatic rings. The van der Waals surface area contributed by atoms with Crippen molar-refractivity contribution in [2.75, 3.05) is 57.0 Å². The number of nitrogens with one attached hydrogen (secondary N) is 1. The first kappa shape index (κ1) is 21.2. The summed E-state index contributed by atoms with van der Waals surface area (Å²) in [5.74, 6) is -0.453. The molecule has 0 unspecified atom stereocenters. The number of amides is 1. The molecule has 1 amide bonds. The normalized spacial score (nSPS) is 15.5. The van der Waals surface area contributed by atoms with Crippen LogP contribution in [0.4, 0.5) is 15.8 Å². The van der Waals surface area contributed by atoms with E-state index in [1.165, 1.54) is 38.4 Å². The fraction of sp³-hybridized carbons (Fsp3) is 0.350. The summed E-state index contributed by atoms with van der Waals surface area (Å²) in [6.07, 6.45) is 0. The van der Waals surface area contributed by atoms with E-state index in [1.807, 2.05) is 4.90 Å². The second-order valence-electron chi connectivity index (χ2n) is 7.10. The monoisotopic (exact) mass is 420 g/mol. The highest BCUT2D eigenvalue weighted by molar-refractivity contribution is 7.89. The van der Waals surface area contributed by atoms with Gasteiger partial charge in [-0.3, -0.25) is 9.69 Å². The molecule has 2 aromatic rings. The summed E-state index contributed by atoms with van der Waals surface area (Å²) in [7, 11) is -0.626. The minimum absolute atomic E-state index is 0.133. The lowest BCUT2D eigenvalue weighted by Crippen LogP contribution is -2.48. The van der Waals surface area contributed by atoms with Crippen LogP contribution < -0.4 is 10.2 Å². The maximum absolute atomic E-state index is 13.1. The third kappa shape index (κ3) is 5.31. The summed E-state index contributed by atoms with van der Waals surface area (Å²) in [6, 6.07) is 12.6. The first-order chi connectivity index (χ1) is 13.8. The highest BCUT2D eigenvalue weighted by atomic mass is 32.2. The van der Waals surface area contributed by atoms with Crippen molar-refractivity contribution in [3.05, 3.63) is 54.3 Å². The summed E-state index contributed by atoms with van der Waals surface area (Å²) < 4.78 is 38.7. The minimum atomic E-state index is -3.55. The number of nitrogens with zero attached hydrogens (tertiary/aromatic N) is 3. The molecule has 9 heteroatoms. The zero-order valence-electron chi connectivity index (χ0n) is 16.5. The lowest BCUT2D eigenvalue weighted by molar-refractivity contribution is -0.117. The molecule has 0 spiro atoms. The van der Waals surface area contributed by atoms with E-state index in [2.05, 4.69) is 10.2 Å². The Balaban J connectivity index is 1.54. The first-order valence-corrected chi connectivity index (χ1v) is 10.7. The van der Waals surface area contributed by atoms with Gasteiger partial charge >= 0.3 is 0 Å². The van der Waals surface area contributed by atoms with E-state index in [0.29, 0.717) is 18.8 Å². The summed E-state index contributed by atoms with van der Waals surface area (Å²) in [6.45, 7) is 3.13. The van der Waals surface area contributed by atoms with Gasteiger partial charge in [0.1, 0.15) is 5.82 Å². The standard InChI is InChI=1S/C20H25FN4O3S/c1-23(2)29(27,28)19-5-3-4-17(14-19)22-20(26)15-24-10-12-25(13-11-24)18-8-6-16(21)7-9-18/h3-9,14H,10-13,15H2,1-2H3,(H,22,26). The molecule has 1 saturated heterocycles. The average Bonchev–Trinajstić information content (AvgIpc) is 2.69. The van der Waals surface area contributed by atoms with Gasteiger partial charge in [-0.2, -0.15) is 0 Å². The highest BCUT2D eigenvalue weighted by Gasteiger charge is 2.20. The summed E-state index contributed by atoms with van der Waals surface area (Å²) in [5, 5.41) is 2.77. The molecule has 1 heterocycles. The third-order valence-corrected chi connectivity index (χ3v) is 6.64. The van der Waals surface area contributed by atoms with Gasteiger partial charge in [0.05, 0.1) is 11.4 Å². The van der Waals surface area contributed by atoms with Gasteiger partial charge in [-0.05, 0) is 42.5 Å². The lowest BCUT2D eigenvalue weighted by atomic mass is 10.2. The SMILES string of the molecule is CN(C)S(=O)(=O)c1cccc(NC(=O)CN2CCN(c3ccc(F)cc3)CC2)c1. The van der Waals surface area contributed by atoms with Crippen LogP contribution in [0.5, 0.6) is 0 Å². The van der Waals surface area contributed by atoms with Crippen LogP contribution in [0.25, 0.3) is 0 Å². The van der Waals surface area contributed by atoms with Gasteiger partial charge in [0.25, 0.3) is 0 Å². The Morgan fingerprint density at radius 1 is 1.07 bits per heavy atom. The summed E-state index contributed by atoms with van der Waals surface area (Å²) in [5.41, 5.74) is 1.41. The fourth-order valence-corrected chi connectivity index (χ4v) is 4.11. The predicted octanol–water partition coefficient (Wildman–Crippen LogP) is 1.84. The van der Waals surface area contributed by atoms with Gasteiger partial charge in [0.2, 0.25) is 15.9 Å². The molecule has 3 rings (SSSR count). The molecule has 0 aliphatic carbocycles. The van der Waals surface area contributed by atoms with E-state index >= 15 is 0 Å². The number of benzene rings is 2. The number of carbonyl (C=O) groups is 1. The Bertz CT molecular complexity index is 956. The topological polar surface area (TPSA) is 73.0 Å². The summed E-state index contributed by atoms with van der Waals surface area (Å²) in [4.78, 5) is 16.7. The third-order valence-electron chi connectivity index (χ3n) is 4.83. The Hall–Kier alpha value is -2.49. The van der Waals surface area contributed by atoms with Crippen molar-refractivity contribution in [2.45, 2.75) is 4.90 Å². The molecule has 156 valence electrons. The van der Waals surface area contributed by atoms with Crippen LogP contribution >= 0.6 is 0 Å². The Morgan fingerprint density at radius 3 is 2.34 bits per heavy atom. The second-order valence-corrected chi connectivity index (χ2v) is 9.25. The number of hydrogen-bond acceptors (Lipinski definition) is 5. The van der Waals surface area contributed by atoms with Gasteiger partial charge < -0.3 is 10.2 Å². The molecule has 1 N–H and O–H groups in total. The van der Waals surface area contributed by atoms with Crippen LogP contribution in [0, 0.1) is 5.82 Å². The number of piperazine rings is 1. The number of anilines is 2. The minimum Gasteiger partial charge on any atom is -0.369 e. The maximum atomic E-state index is 13.1. The first-order valence-electron chi connectivity index (χ1n) is 9.31. The van der Waals surface area contributed by atoms with E-state index in [-0.39, 0.29) is 23.2 Å². The number of sulfonamides is 1. The van der Waals surface area contributed by atoms with Crippen LogP contribution in [-0.2, 0) is 14.8 Å². The quantitative estimate of drug-likeness (QED) is 0.772. The zero-order valence-corrected chi connectivity index (χ0v) is 17.3. The predicted molar refractivity (Wildman–Crippen MR) is 111 cm³/mol. The molecule has 0 bridgehead atoms. The molecule has 0 saturated carbocycles. The molecular weight excluding hydrogens is 395 g/mol. The van der Waals surface area contributed by atoms with Crippen molar-refractivity contribution in [2.24, 2.45) is 0 Å². The van der Waals surface area contributed by atoms with E-state index in [4.69, 9.17) is 0 Å². The van der Waals surface area contributed by atoms with Crippen LogP contribution in [0.3, 0.4) is 0 Å². The van der Waals surface area contributed by atoms with Gasteiger partial charge in [-0.25, -0.2) is 17.1 Å². The molecular formula is C20H25FN4O3S. The molecule has 29 heavy (non-hydrogen) atoms. The van der Waals surface area contributed by atoms with Gasteiger partial charge in [0, 0.05) is 51.6 Å². The molecule has 0 radical (unpaired) electrons. The van der Waals surface area contributed by atoms with Crippen molar-refractivity contribution >= 4 is 27.3 Å². The highest BCUT2D eigenvalue weighted by Crippen LogP contribution is 2.19. The van der Waals surface area contributed by atoms with Crippen LogP contribution in [0.2, 0.25) is 0 Å². The van der Waals surface area contributed by atoms with Crippen molar-refractivity contribution in [3.63, 3.8) is 0 Å². The van der Waals surface area contributed by atoms with Crippen LogP contribution in [-0.4, -0.2) is 70.3 Å². The van der Waals surface area contributed by atoms with E-state index in [0.717, 1.165) is 23.1 Å². The lowest BCUT2D eigenvalue weighted by Gasteiger charge is -2.35. The maximum Gasteiger partial charge on any atom is 0.242 e. The van der Waals surface area contributed by atoms with Crippen molar-refractivity contribution in [3.8, 4) is 0 Å². The van der Waals surface area contributed by atoms with Gasteiger partial charge in [-0.1, -0.05) is 6.07 Å². The van der Waals surface area contributed by atoms with Crippen molar-refractivity contribution in [1.82, 2.24) is 9.21 Å². The van der Waals surface area contributed by atoms with Gasteiger partial charge in [-0.15, -0.1) is 0 Å². The summed E-state index contributed by atoms with van der Waals surface area (Å²) >= 11 is 0. The van der Waals surface area contributed by atoms with E-state index in [1.54, 1.807) is 24.3 Å². The van der Waals surface area contributed by atoms with Gasteiger partial charge in [0.15, 0.2) is 0 Å². The largest absolute Gasteiger partial charge is 0.369 e. The zero-order chi connectivity index (χ0) is 21.0.